The van der Waals surface area contributed by atoms with Crippen molar-refractivity contribution in [3.8, 4) is 11.1 Å². The number of carboxylic acids is 1. The van der Waals surface area contributed by atoms with E-state index in [1.165, 1.54) is 13.0 Å². The van der Waals surface area contributed by atoms with Crippen LogP contribution in [0.3, 0.4) is 0 Å². The summed E-state index contributed by atoms with van der Waals surface area (Å²) in [5.41, 5.74) is 1.73. The molecule has 0 spiro atoms. The molecular formula is C24H26F3NO3. The van der Waals surface area contributed by atoms with Gasteiger partial charge in [-0.3, -0.25) is 9.59 Å². The summed E-state index contributed by atoms with van der Waals surface area (Å²) < 4.78 is 40.7. The Bertz CT molecular complexity index is 996. The third kappa shape index (κ3) is 5.27. The lowest BCUT2D eigenvalue weighted by Gasteiger charge is -2.23. The minimum Gasteiger partial charge on any atom is -0.481 e. The summed E-state index contributed by atoms with van der Waals surface area (Å²) in [5, 5.41) is 9.33. The molecule has 3 rings (SSSR count). The lowest BCUT2D eigenvalue weighted by Crippen LogP contribution is -2.31. The number of benzene rings is 2. The first kappa shape index (κ1) is 22.8. The van der Waals surface area contributed by atoms with Gasteiger partial charge in [0.1, 0.15) is 0 Å². The van der Waals surface area contributed by atoms with Gasteiger partial charge in [-0.2, -0.15) is 13.2 Å². The Balaban J connectivity index is 2.10. The van der Waals surface area contributed by atoms with Crippen molar-refractivity contribution in [1.29, 1.82) is 0 Å². The van der Waals surface area contributed by atoms with Crippen molar-refractivity contribution in [3.05, 3.63) is 58.7 Å². The molecule has 2 aromatic rings. The van der Waals surface area contributed by atoms with E-state index in [1.807, 2.05) is 19.9 Å². The van der Waals surface area contributed by atoms with Gasteiger partial charge in [0.15, 0.2) is 0 Å². The molecule has 0 saturated heterocycles. The second kappa shape index (κ2) is 8.73. The van der Waals surface area contributed by atoms with Crippen molar-refractivity contribution in [2.75, 3.05) is 6.54 Å². The van der Waals surface area contributed by atoms with Crippen LogP contribution < -0.4 is 0 Å². The van der Waals surface area contributed by atoms with Crippen LogP contribution >= 0.6 is 0 Å². The van der Waals surface area contributed by atoms with Crippen LogP contribution in [0.5, 0.6) is 0 Å². The Morgan fingerprint density at radius 1 is 1.16 bits per heavy atom. The summed E-state index contributed by atoms with van der Waals surface area (Å²) in [7, 11) is 0. The number of hydrogen-bond donors (Lipinski definition) is 1. The van der Waals surface area contributed by atoms with Gasteiger partial charge in [0.25, 0.3) is 0 Å². The highest BCUT2D eigenvalue weighted by Crippen LogP contribution is 2.37. The quantitative estimate of drug-likeness (QED) is 0.616. The fraction of sp³-hybridized carbons (Fsp3) is 0.417. The Kier molecular flexibility index (Phi) is 6.43. The number of carbonyl (C=O) groups is 2. The van der Waals surface area contributed by atoms with Gasteiger partial charge in [0.2, 0.25) is 5.91 Å². The van der Waals surface area contributed by atoms with Crippen LogP contribution in [0.2, 0.25) is 0 Å². The highest BCUT2D eigenvalue weighted by molar-refractivity contribution is 5.81. The molecule has 1 aliphatic carbocycles. The molecule has 31 heavy (non-hydrogen) atoms. The zero-order valence-corrected chi connectivity index (χ0v) is 17.8. The van der Waals surface area contributed by atoms with E-state index in [9.17, 15) is 27.9 Å². The lowest BCUT2D eigenvalue weighted by molar-refractivity contribution is -0.139. The van der Waals surface area contributed by atoms with Gasteiger partial charge in [-0.05, 0) is 68.0 Å². The van der Waals surface area contributed by atoms with Crippen molar-refractivity contribution in [3.63, 3.8) is 0 Å². The van der Waals surface area contributed by atoms with Gasteiger partial charge in [0, 0.05) is 19.0 Å². The number of carbonyl (C=O) groups excluding carboxylic acids is 1. The van der Waals surface area contributed by atoms with E-state index in [2.05, 4.69) is 0 Å². The highest BCUT2D eigenvalue weighted by atomic mass is 19.4. The summed E-state index contributed by atoms with van der Waals surface area (Å²) in [4.78, 5) is 25.7. The molecule has 0 bridgehead atoms. The molecular weight excluding hydrogens is 407 g/mol. The molecule has 1 N–H and O–H groups in total. The van der Waals surface area contributed by atoms with Crippen LogP contribution in [0.4, 0.5) is 13.2 Å². The number of alkyl halides is 3. The van der Waals surface area contributed by atoms with Crippen LogP contribution in [-0.4, -0.2) is 28.4 Å². The summed E-state index contributed by atoms with van der Waals surface area (Å²) in [6, 6.07) is 8.86. The molecule has 1 aliphatic rings. The Labute approximate surface area is 179 Å². The highest BCUT2D eigenvalue weighted by Gasteiger charge is 2.34. The monoisotopic (exact) mass is 433 g/mol. The van der Waals surface area contributed by atoms with E-state index >= 15 is 0 Å². The third-order valence-corrected chi connectivity index (χ3v) is 5.71. The summed E-state index contributed by atoms with van der Waals surface area (Å²) in [6.45, 7) is 5.93. The van der Waals surface area contributed by atoms with E-state index in [4.69, 9.17) is 0 Å². The molecule has 1 fully saturated rings. The van der Waals surface area contributed by atoms with Gasteiger partial charge in [-0.25, -0.2) is 0 Å². The minimum atomic E-state index is -4.61. The predicted octanol–water partition coefficient (Wildman–Crippen LogP) is 5.63. The molecule has 166 valence electrons. The average molecular weight is 433 g/mol. The van der Waals surface area contributed by atoms with Gasteiger partial charge in [0.05, 0.1) is 11.5 Å². The van der Waals surface area contributed by atoms with Gasteiger partial charge in [-0.15, -0.1) is 0 Å². The lowest BCUT2D eigenvalue weighted by atomic mass is 9.91. The topological polar surface area (TPSA) is 57.6 Å². The van der Waals surface area contributed by atoms with E-state index in [1.54, 1.807) is 17.0 Å². The predicted molar refractivity (Wildman–Crippen MR) is 111 cm³/mol. The molecule has 4 nitrogen and oxygen atoms in total. The fourth-order valence-electron chi connectivity index (χ4n) is 3.64. The van der Waals surface area contributed by atoms with E-state index in [-0.39, 0.29) is 17.4 Å². The van der Waals surface area contributed by atoms with Crippen LogP contribution in [0, 0.1) is 12.8 Å². The van der Waals surface area contributed by atoms with E-state index in [0.29, 0.717) is 24.2 Å². The van der Waals surface area contributed by atoms with Crippen molar-refractivity contribution in [1.82, 2.24) is 4.90 Å². The number of aryl methyl sites for hydroxylation is 1. The summed E-state index contributed by atoms with van der Waals surface area (Å²) in [5.74, 6) is -2.16. The van der Waals surface area contributed by atoms with E-state index < -0.39 is 23.6 Å². The number of halogens is 3. The fourth-order valence-corrected chi connectivity index (χ4v) is 3.64. The van der Waals surface area contributed by atoms with Gasteiger partial charge >= 0.3 is 12.1 Å². The van der Waals surface area contributed by atoms with Gasteiger partial charge in [-0.1, -0.05) is 29.8 Å². The number of amides is 1. The first-order valence-electron chi connectivity index (χ1n) is 10.3. The Hall–Kier alpha value is -2.83. The maximum Gasteiger partial charge on any atom is 0.416 e. The number of hydrogen-bond acceptors (Lipinski definition) is 2. The average Bonchev–Trinajstić information content (AvgIpc) is 3.55. The molecule has 7 heteroatoms. The van der Waals surface area contributed by atoms with Crippen LogP contribution in [0.1, 0.15) is 54.9 Å². The number of rotatable bonds is 7. The second-order valence-electron chi connectivity index (χ2n) is 8.19. The Morgan fingerprint density at radius 3 is 2.39 bits per heavy atom. The molecule has 1 atom stereocenters. The normalized spacial score (nSPS) is 14.9. The molecule has 2 aromatic carbocycles. The minimum absolute atomic E-state index is 0.0461. The maximum absolute atomic E-state index is 13.6. The third-order valence-electron chi connectivity index (χ3n) is 5.71. The first-order chi connectivity index (χ1) is 14.5. The Morgan fingerprint density at radius 2 is 1.84 bits per heavy atom. The molecule has 0 aromatic heterocycles. The van der Waals surface area contributed by atoms with Crippen molar-refractivity contribution in [2.45, 2.75) is 52.3 Å². The largest absolute Gasteiger partial charge is 0.481 e. The summed E-state index contributed by atoms with van der Waals surface area (Å²) >= 11 is 0. The maximum atomic E-state index is 13.6. The smallest absolute Gasteiger partial charge is 0.416 e. The van der Waals surface area contributed by atoms with Crippen LogP contribution in [0.15, 0.2) is 36.4 Å². The number of carboxylic acid groups (broad SMARTS) is 1. The zero-order valence-electron chi connectivity index (χ0n) is 17.8. The standard InChI is InChI=1S/C24H26F3NO3/c1-4-28(22(29)16-6-7-16)13-19-9-14(2)5-8-21(19)18-10-17(15(3)23(30)31)11-20(12-18)24(25,26)27/h5,8-12,15-16H,4,6-7,13H2,1-3H3,(H,30,31)/t15-/m1/s1. The number of aliphatic carboxylic acids is 1. The first-order valence-corrected chi connectivity index (χ1v) is 10.3. The molecule has 0 unspecified atom stereocenters. The SMILES string of the molecule is CCN(Cc1cc(C)ccc1-c1cc([C@@H](C)C(=O)O)cc(C(F)(F)F)c1)C(=O)C1CC1. The van der Waals surface area contributed by atoms with E-state index in [0.717, 1.165) is 36.1 Å². The molecule has 0 radical (unpaired) electrons. The van der Waals surface area contributed by atoms with Crippen LogP contribution in [0.25, 0.3) is 11.1 Å². The zero-order chi connectivity index (χ0) is 22.9. The molecule has 0 heterocycles. The van der Waals surface area contributed by atoms with Crippen molar-refractivity contribution in [2.24, 2.45) is 5.92 Å². The molecule has 1 amide bonds. The number of nitrogens with zero attached hydrogens (tertiary/aromatic N) is 1. The van der Waals surface area contributed by atoms with Gasteiger partial charge < -0.3 is 10.0 Å². The molecule has 1 saturated carbocycles. The molecule has 0 aliphatic heterocycles. The van der Waals surface area contributed by atoms with Crippen molar-refractivity contribution < 1.29 is 27.9 Å². The summed E-state index contributed by atoms with van der Waals surface area (Å²) in [6.07, 6.45) is -2.86. The van der Waals surface area contributed by atoms with Crippen molar-refractivity contribution >= 4 is 11.9 Å². The van der Waals surface area contributed by atoms with Crippen LogP contribution in [-0.2, 0) is 22.3 Å². The second-order valence-corrected chi connectivity index (χ2v) is 8.19.